The lowest BCUT2D eigenvalue weighted by molar-refractivity contribution is -0.147. The van der Waals surface area contributed by atoms with Crippen molar-refractivity contribution in [2.45, 2.75) is 18.9 Å². The molecule has 94 valence electrons. The number of rotatable bonds is 5. The van der Waals surface area contributed by atoms with Gasteiger partial charge in [0.15, 0.2) is 0 Å². The van der Waals surface area contributed by atoms with Gasteiger partial charge in [0.05, 0.1) is 0 Å². The predicted molar refractivity (Wildman–Crippen MR) is 55.8 cm³/mol. The van der Waals surface area contributed by atoms with E-state index in [9.17, 15) is 19.8 Å². The minimum atomic E-state index is -1.07. The first-order chi connectivity index (χ1) is 7.91. The molecule has 8 heteroatoms. The summed E-state index contributed by atoms with van der Waals surface area (Å²) >= 11 is 0. The first-order valence-corrected chi connectivity index (χ1v) is 4.77. The van der Waals surface area contributed by atoms with Gasteiger partial charge in [-0.05, 0) is 6.42 Å². The van der Waals surface area contributed by atoms with Crippen molar-refractivity contribution in [2.24, 2.45) is 11.5 Å². The van der Waals surface area contributed by atoms with E-state index in [1.807, 2.05) is 0 Å². The van der Waals surface area contributed by atoms with Crippen molar-refractivity contribution in [1.29, 1.82) is 0 Å². The lowest BCUT2D eigenvalue weighted by Gasteiger charge is -2.11. The van der Waals surface area contributed by atoms with Gasteiger partial charge in [0.25, 0.3) is 0 Å². The van der Waals surface area contributed by atoms with E-state index in [0.717, 1.165) is 12.1 Å². The number of nitrogens with zero attached hydrogens (tertiary/aromatic N) is 1. The molecule has 6 N–H and O–H groups in total. The third kappa shape index (κ3) is 3.38. The van der Waals surface area contributed by atoms with Crippen LogP contribution < -0.4 is 16.3 Å². The Bertz CT molecular complexity index is 409. The minimum absolute atomic E-state index is 0.0248. The molecule has 1 rings (SSSR count). The van der Waals surface area contributed by atoms with Gasteiger partial charge in [0.2, 0.25) is 17.7 Å². The van der Waals surface area contributed by atoms with Crippen molar-refractivity contribution in [3.05, 3.63) is 12.1 Å². The first-order valence-electron chi connectivity index (χ1n) is 4.77. The molecule has 0 saturated heterocycles. The zero-order valence-electron chi connectivity index (χ0n) is 8.87. The summed E-state index contributed by atoms with van der Waals surface area (Å²) in [6.45, 7) is 0. The maximum absolute atomic E-state index is 11.4. The molecule has 8 nitrogen and oxygen atoms in total. The molecule has 1 aromatic rings. The topological polar surface area (TPSA) is 141 Å². The average molecular weight is 243 g/mol. The molecule has 0 bridgehead atoms. The van der Waals surface area contributed by atoms with Crippen LogP contribution in [-0.2, 0) is 9.59 Å². The minimum Gasteiger partial charge on any atom is -0.492 e. The van der Waals surface area contributed by atoms with Gasteiger partial charge >= 0.3 is 5.97 Å². The molecule has 0 radical (unpaired) electrons. The Kier molecular flexibility index (Phi) is 3.94. The van der Waals surface area contributed by atoms with Gasteiger partial charge in [-0.15, -0.1) is 4.73 Å². The van der Waals surface area contributed by atoms with Crippen LogP contribution in [0.25, 0.3) is 0 Å². The van der Waals surface area contributed by atoms with Gasteiger partial charge in [-0.2, -0.15) is 0 Å². The lowest BCUT2D eigenvalue weighted by atomic mass is 10.2. The smallest absolute Gasteiger partial charge is 0.349 e. The Morgan fingerprint density at radius 3 is 2.35 bits per heavy atom. The number of hydrogen-bond acceptors (Lipinski definition) is 6. The van der Waals surface area contributed by atoms with Crippen molar-refractivity contribution in [2.75, 3.05) is 0 Å². The molecular weight excluding hydrogens is 230 g/mol. The third-order valence-electron chi connectivity index (χ3n) is 1.98. The fourth-order valence-corrected chi connectivity index (χ4v) is 1.07. The van der Waals surface area contributed by atoms with E-state index in [1.54, 1.807) is 0 Å². The van der Waals surface area contributed by atoms with Gasteiger partial charge in [0, 0.05) is 18.6 Å². The summed E-state index contributed by atoms with van der Waals surface area (Å²) in [5.41, 5.74) is 10.3. The van der Waals surface area contributed by atoms with E-state index < -0.39 is 29.7 Å². The Hall–Kier alpha value is -2.22. The quantitative estimate of drug-likeness (QED) is 0.493. The number of primary amides is 1. The molecule has 0 aromatic carbocycles. The molecule has 0 fully saturated rings. The van der Waals surface area contributed by atoms with Crippen LogP contribution in [0.1, 0.15) is 12.8 Å². The monoisotopic (exact) mass is 243 g/mol. The van der Waals surface area contributed by atoms with Crippen LogP contribution >= 0.6 is 0 Å². The number of carbonyl (C=O) groups is 2. The van der Waals surface area contributed by atoms with E-state index in [1.165, 1.54) is 0 Å². The van der Waals surface area contributed by atoms with Crippen LogP contribution in [0, 0.1) is 0 Å². The molecule has 0 aliphatic rings. The molecule has 0 aliphatic carbocycles. The normalized spacial score (nSPS) is 12.1. The van der Waals surface area contributed by atoms with Crippen molar-refractivity contribution in [1.82, 2.24) is 4.73 Å². The summed E-state index contributed by atoms with van der Waals surface area (Å²) in [7, 11) is 0. The number of carbonyl (C=O) groups excluding carboxylic acids is 2. The molecular formula is C9H13N3O5. The molecule has 1 atom stereocenters. The summed E-state index contributed by atoms with van der Waals surface area (Å²) in [5.74, 6) is -2.37. The van der Waals surface area contributed by atoms with Gasteiger partial charge < -0.3 is 26.5 Å². The maximum atomic E-state index is 11.4. The summed E-state index contributed by atoms with van der Waals surface area (Å²) in [5, 5.41) is 18.4. The molecule has 17 heavy (non-hydrogen) atoms. The van der Waals surface area contributed by atoms with Crippen LogP contribution in [-0.4, -0.2) is 32.9 Å². The fraction of sp³-hybridized carbons (Fsp3) is 0.333. The standard InChI is InChI=1S/C9H13N3O5/c10-5(1-2-6(11)13)9(16)17-12-7(14)3-4-8(12)15/h3-5,14-15H,1-2,10H2,(H2,11,13). The zero-order valence-corrected chi connectivity index (χ0v) is 8.87. The number of hydrogen-bond donors (Lipinski definition) is 4. The Balaban J connectivity index is 2.57. The molecule has 1 heterocycles. The van der Waals surface area contributed by atoms with Gasteiger partial charge in [-0.25, -0.2) is 4.79 Å². The second-order valence-electron chi connectivity index (χ2n) is 3.37. The zero-order chi connectivity index (χ0) is 13.0. The van der Waals surface area contributed by atoms with Crippen LogP contribution in [0.15, 0.2) is 12.1 Å². The highest BCUT2D eigenvalue weighted by Gasteiger charge is 2.19. The number of aromatic hydroxyl groups is 2. The molecule has 0 saturated carbocycles. The van der Waals surface area contributed by atoms with E-state index >= 15 is 0 Å². The Morgan fingerprint density at radius 1 is 1.35 bits per heavy atom. The third-order valence-corrected chi connectivity index (χ3v) is 1.98. The largest absolute Gasteiger partial charge is 0.492 e. The maximum Gasteiger partial charge on any atom is 0.349 e. The second-order valence-corrected chi connectivity index (χ2v) is 3.37. The highest BCUT2D eigenvalue weighted by atomic mass is 16.7. The second kappa shape index (κ2) is 5.21. The fourth-order valence-electron chi connectivity index (χ4n) is 1.07. The van der Waals surface area contributed by atoms with Crippen molar-refractivity contribution in [3.63, 3.8) is 0 Å². The Labute approximate surface area is 96.3 Å². The summed E-state index contributed by atoms with van der Waals surface area (Å²) < 4.78 is 0.520. The first kappa shape index (κ1) is 12.8. The van der Waals surface area contributed by atoms with Gasteiger partial charge in [0.1, 0.15) is 6.04 Å². The predicted octanol–water partition coefficient (Wildman–Crippen LogP) is -1.55. The van der Waals surface area contributed by atoms with E-state index in [0.29, 0.717) is 4.73 Å². The van der Waals surface area contributed by atoms with Crippen molar-refractivity contribution < 1.29 is 24.6 Å². The number of amides is 1. The Morgan fingerprint density at radius 2 is 1.88 bits per heavy atom. The highest BCUT2D eigenvalue weighted by Crippen LogP contribution is 2.18. The SMILES string of the molecule is NC(=O)CCC(N)C(=O)On1c(O)ccc1O. The number of aromatic nitrogens is 1. The van der Waals surface area contributed by atoms with E-state index in [4.69, 9.17) is 11.5 Å². The van der Waals surface area contributed by atoms with Gasteiger partial charge in [-0.3, -0.25) is 4.79 Å². The summed E-state index contributed by atoms with van der Waals surface area (Å²) in [4.78, 5) is 26.5. The molecule has 1 amide bonds. The highest BCUT2D eigenvalue weighted by molar-refractivity contribution is 5.78. The van der Waals surface area contributed by atoms with Gasteiger partial charge in [-0.1, -0.05) is 0 Å². The van der Waals surface area contributed by atoms with Crippen LogP contribution in [0.2, 0.25) is 0 Å². The lowest BCUT2D eigenvalue weighted by Crippen LogP contribution is -2.38. The van der Waals surface area contributed by atoms with Crippen LogP contribution in [0.3, 0.4) is 0 Å². The molecule has 0 aliphatic heterocycles. The van der Waals surface area contributed by atoms with Crippen molar-refractivity contribution >= 4 is 11.9 Å². The van der Waals surface area contributed by atoms with Crippen LogP contribution in [0.5, 0.6) is 11.8 Å². The summed E-state index contributed by atoms with van der Waals surface area (Å²) in [6.07, 6.45) is -0.0309. The molecule has 0 spiro atoms. The molecule has 1 aromatic heterocycles. The summed E-state index contributed by atoms with van der Waals surface area (Å²) in [6, 6.07) is 1.21. The van der Waals surface area contributed by atoms with E-state index in [2.05, 4.69) is 4.84 Å². The average Bonchev–Trinajstić information content (AvgIpc) is 2.57. The van der Waals surface area contributed by atoms with Crippen LogP contribution in [0.4, 0.5) is 0 Å². The van der Waals surface area contributed by atoms with Crippen molar-refractivity contribution in [3.8, 4) is 11.8 Å². The molecule has 1 unspecified atom stereocenters. The number of nitrogens with two attached hydrogens (primary N) is 2. The van der Waals surface area contributed by atoms with E-state index in [-0.39, 0.29) is 12.8 Å².